The van der Waals surface area contributed by atoms with Crippen LogP contribution in [0.25, 0.3) is 0 Å². The van der Waals surface area contributed by atoms with Gasteiger partial charge in [0, 0.05) is 19.6 Å². The molecule has 0 aliphatic rings. The number of rotatable bonds is 10. The van der Waals surface area contributed by atoms with Crippen LogP contribution in [0.5, 0.6) is 0 Å². The van der Waals surface area contributed by atoms with Crippen LogP contribution in [0.3, 0.4) is 0 Å². The van der Waals surface area contributed by atoms with Gasteiger partial charge in [-0.25, -0.2) is 8.42 Å². The standard InChI is InChI=1S/C21H24ClF3N2O4S/c1-3-27(4-2)32(29,30)17-9-10-19(22)18(11-17)20(28)26-12-15-5-7-16(8-6-15)13-31-14-21(23,24)25/h5-11H,3-4,12-14H2,1-2H3,(H,26,28). The molecule has 0 bridgehead atoms. The molecule has 1 N–H and O–H groups in total. The molecule has 0 aliphatic carbocycles. The number of amides is 1. The second kappa shape index (κ2) is 11.1. The first-order chi connectivity index (χ1) is 15.0. The fraction of sp³-hybridized carbons (Fsp3) is 0.381. The Kier molecular flexibility index (Phi) is 9.08. The van der Waals surface area contributed by atoms with Gasteiger partial charge in [0.25, 0.3) is 5.91 Å². The van der Waals surface area contributed by atoms with Crippen molar-refractivity contribution >= 4 is 27.5 Å². The smallest absolute Gasteiger partial charge is 0.367 e. The van der Waals surface area contributed by atoms with E-state index in [1.807, 2.05) is 0 Å². The molecule has 0 aliphatic heterocycles. The SMILES string of the molecule is CCN(CC)S(=O)(=O)c1ccc(Cl)c(C(=O)NCc2ccc(COCC(F)(F)F)cc2)c1. The van der Waals surface area contributed by atoms with E-state index in [1.54, 1.807) is 38.1 Å². The van der Waals surface area contributed by atoms with Gasteiger partial charge in [-0.15, -0.1) is 0 Å². The number of nitrogens with zero attached hydrogens (tertiary/aromatic N) is 1. The van der Waals surface area contributed by atoms with E-state index in [1.165, 1.54) is 22.5 Å². The number of carbonyl (C=O) groups excluding carboxylic acids is 1. The summed E-state index contributed by atoms with van der Waals surface area (Å²) in [6.45, 7) is 2.63. The molecule has 0 unspecified atom stereocenters. The number of alkyl halides is 3. The van der Waals surface area contributed by atoms with Gasteiger partial charge >= 0.3 is 6.18 Å². The maximum absolute atomic E-state index is 12.7. The fourth-order valence-electron chi connectivity index (χ4n) is 2.87. The molecule has 2 aromatic carbocycles. The van der Waals surface area contributed by atoms with E-state index in [0.29, 0.717) is 24.2 Å². The highest BCUT2D eigenvalue weighted by atomic mass is 35.5. The van der Waals surface area contributed by atoms with Crippen molar-refractivity contribution in [1.29, 1.82) is 0 Å². The Labute approximate surface area is 190 Å². The van der Waals surface area contributed by atoms with Crippen molar-refractivity contribution in [2.24, 2.45) is 0 Å². The Morgan fingerprint density at radius 1 is 1.06 bits per heavy atom. The molecule has 2 aromatic rings. The van der Waals surface area contributed by atoms with Gasteiger partial charge in [-0.05, 0) is 29.3 Å². The average Bonchev–Trinajstić information content (AvgIpc) is 2.73. The third-order valence-electron chi connectivity index (χ3n) is 4.54. The Hall–Kier alpha value is -2.14. The van der Waals surface area contributed by atoms with Gasteiger partial charge in [-0.2, -0.15) is 17.5 Å². The minimum Gasteiger partial charge on any atom is -0.367 e. The largest absolute Gasteiger partial charge is 0.411 e. The zero-order valence-corrected chi connectivity index (χ0v) is 19.1. The van der Waals surface area contributed by atoms with Crippen LogP contribution in [0.1, 0.15) is 35.3 Å². The van der Waals surface area contributed by atoms with E-state index in [0.717, 1.165) is 0 Å². The van der Waals surface area contributed by atoms with Crippen molar-refractivity contribution in [3.05, 3.63) is 64.2 Å². The first-order valence-corrected chi connectivity index (χ1v) is 11.6. The third kappa shape index (κ3) is 7.19. The number of ether oxygens (including phenoxy) is 1. The molecule has 32 heavy (non-hydrogen) atoms. The summed E-state index contributed by atoms with van der Waals surface area (Å²) >= 11 is 6.11. The normalized spacial score (nSPS) is 12.2. The monoisotopic (exact) mass is 492 g/mol. The summed E-state index contributed by atoms with van der Waals surface area (Å²) in [5.41, 5.74) is 1.28. The summed E-state index contributed by atoms with van der Waals surface area (Å²) in [5, 5.41) is 2.77. The molecule has 0 radical (unpaired) electrons. The van der Waals surface area contributed by atoms with E-state index >= 15 is 0 Å². The molecule has 0 saturated carbocycles. The van der Waals surface area contributed by atoms with Gasteiger partial charge in [0.15, 0.2) is 0 Å². The lowest BCUT2D eigenvalue weighted by Crippen LogP contribution is -2.31. The number of nitrogens with one attached hydrogen (secondary N) is 1. The molecule has 0 heterocycles. The zero-order valence-electron chi connectivity index (χ0n) is 17.6. The minimum atomic E-state index is -4.38. The predicted octanol–water partition coefficient (Wildman–Crippen LogP) is 4.38. The van der Waals surface area contributed by atoms with Crippen LogP contribution < -0.4 is 5.32 Å². The van der Waals surface area contributed by atoms with Crippen molar-refractivity contribution in [3.63, 3.8) is 0 Å². The van der Waals surface area contributed by atoms with Crippen molar-refractivity contribution < 1.29 is 31.1 Å². The fourth-order valence-corrected chi connectivity index (χ4v) is 4.56. The molecular weight excluding hydrogens is 469 g/mol. The number of sulfonamides is 1. The third-order valence-corrected chi connectivity index (χ3v) is 6.91. The van der Waals surface area contributed by atoms with Crippen LogP contribution in [0.2, 0.25) is 5.02 Å². The van der Waals surface area contributed by atoms with Crippen molar-refractivity contribution in [3.8, 4) is 0 Å². The van der Waals surface area contributed by atoms with E-state index in [4.69, 9.17) is 11.6 Å². The molecule has 6 nitrogen and oxygen atoms in total. The van der Waals surface area contributed by atoms with Crippen molar-refractivity contribution in [2.45, 2.75) is 38.1 Å². The van der Waals surface area contributed by atoms with Gasteiger partial charge in [-0.3, -0.25) is 4.79 Å². The molecule has 0 aromatic heterocycles. The molecule has 1 amide bonds. The molecule has 2 rings (SSSR count). The van der Waals surface area contributed by atoms with Gasteiger partial charge in [0.2, 0.25) is 10.0 Å². The quantitative estimate of drug-likeness (QED) is 0.534. The number of halogens is 4. The summed E-state index contributed by atoms with van der Waals surface area (Å²) in [6.07, 6.45) is -4.38. The number of hydrogen-bond donors (Lipinski definition) is 1. The second-order valence-electron chi connectivity index (χ2n) is 6.84. The molecule has 0 saturated heterocycles. The van der Waals surface area contributed by atoms with Gasteiger partial charge in [0.1, 0.15) is 6.61 Å². The average molecular weight is 493 g/mol. The Morgan fingerprint density at radius 2 is 1.66 bits per heavy atom. The van der Waals surface area contributed by atoms with Crippen LogP contribution in [-0.4, -0.2) is 44.5 Å². The van der Waals surface area contributed by atoms with Crippen LogP contribution >= 0.6 is 11.6 Å². The van der Waals surface area contributed by atoms with Crippen LogP contribution in [0.4, 0.5) is 13.2 Å². The maximum atomic E-state index is 12.7. The highest BCUT2D eigenvalue weighted by molar-refractivity contribution is 7.89. The van der Waals surface area contributed by atoms with E-state index < -0.39 is 28.7 Å². The van der Waals surface area contributed by atoms with Crippen molar-refractivity contribution in [1.82, 2.24) is 9.62 Å². The van der Waals surface area contributed by atoms with Crippen LogP contribution in [0, 0.1) is 0 Å². The number of benzene rings is 2. The highest BCUT2D eigenvalue weighted by Gasteiger charge is 2.27. The molecule has 0 spiro atoms. The number of hydrogen-bond acceptors (Lipinski definition) is 4. The molecular formula is C21H24ClF3N2O4S. The first-order valence-electron chi connectivity index (χ1n) is 9.78. The Morgan fingerprint density at radius 3 is 2.22 bits per heavy atom. The summed E-state index contributed by atoms with van der Waals surface area (Å²) in [7, 11) is -3.75. The second-order valence-corrected chi connectivity index (χ2v) is 9.18. The van der Waals surface area contributed by atoms with E-state index in [9.17, 15) is 26.4 Å². The topological polar surface area (TPSA) is 75.7 Å². The lowest BCUT2D eigenvalue weighted by atomic mass is 10.1. The minimum absolute atomic E-state index is 0.0251. The summed E-state index contributed by atoms with van der Waals surface area (Å²) in [4.78, 5) is 12.6. The molecule has 0 atom stereocenters. The van der Waals surface area contributed by atoms with Gasteiger partial charge in [-0.1, -0.05) is 49.7 Å². The van der Waals surface area contributed by atoms with E-state index in [-0.39, 0.29) is 28.6 Å². The molecule has 0 fully saturated rings. The summed E-state index contributed by atoms with van der Waals surface area (Å²) in [6, 6.07) is 10.5. The highest BCUT2D eigenvalue weighted by Crippen LogP contribution is 2.23. The first kappa shape index (κ1) is 26.1. The lowest BCUT2D eigenvalue weighted by molar-refractivity contribution is -0.176. The Bertz CT molecular complexity index is 1020. The molecule has 176 valence electrons. The van der Waals surface area contributed by atoms with Gasteiger partial charge < -0.3 is 10.1 Å². The van der Waals surface area contributed by atoms with Crippen LogP contribution in [-0.2, 0) is 27.9 Å². The van der Waals surface area contributed by atoms with E-state index in [2.05, 4.69) is 10.1 Å². The zero-order chi connectivity index (χ0) is 23.9. The number of carbonyl (C=O) groups is 1. The summed E-state index contributed by atoms with van der Waals surface area (Å²) in [5.74, 6) is -0.552. The predicted molar refractivity (Wildman–Crippen MR) is 115 cm³/mol. The molecule has 11 heteroatoms. The van der Waals surface area contributed by atoms with Gasteiger partial charge in [0.05, 0.1) is 22.1 Å². The Balaban J connectivity index is 2.04. The van der Waals surface area contributed by atoms with Crippen LogP contribution in [0.15, 0.2) is 47.4 Å². The lowest BCUT2D eigenvalue weighted by Gasteiger charge is -2.19. The van der Waals surface area contributed by atoms with Crippen molar-refractivity contribution in [2.75, 3.05) is 19.7 Å². The maximum Gasteiger partial charge on any atom is 0.411 e. The summed E-state index contributed by atoms with van der Waals surface area (Å²) < 4.78 is 67.6.